The maximum absolute atomic E-state index is 11.2. The molecule has 118 valence electrons. The molecule has 2 aliphatic rings. The number of anilines is 1. The summed E-state index contributed by atoms with van der Waals surface area (Å²) in [7, 11) is 0. The molecule has 2 aromatic rings. The highest BCUT2D eigenvalue weighted by Gasteiger charge is 2.29. The molecule has 1 aliphatic heterocycles. The predicted molar refractivity (Wildman–Crippen MR) is 87.2 cm³/mol. The molecule has 0 unspecified atom stereocenters. The third-order valence-electron chi connectivity index (χ3n) is 4.79. The lowest BCUT2D eigenvalue weighted by Gasteiger charge is -2.39. The van der Waals surface area contributed by atoms with Gasteiger partial charge in [-0.05, 0) is 44.7 Å². The Kier molecular flexibility index (Phi) is 3.25. The average Bonchev–Trinajstić information content (AvgIpc) is 3.01. The molecule has 0 saturated carbocycles. The van der Waals surface area contributed by atoms with Crippen LogP contribution in [0.5, 0.6) is 0 Å². The van der Waals surface area contributed by atoms with Gasteiger partial charge >= 0.3 is 0 Å². The van der Waals surface area contributed by atoms with E-state index in [1.54, 1.807) is 6.07 Å². The van der Waals surface area contributed by atoms with Gasteiger partial charge in [0, 0.05) is 30.0 Å². The number of primary amides is 1. The Bertz CT molecular complexity index is 771. The highest BCUT2D eigenvalue weighted by Crippen LogP contribution is 2.33. The third kappa shape index (κ3) is 2.34. The summed E-state index contributed by atoms with van der Waals surface area (Å²) in [6.07, 6.45) is 5.79. The summed E-state index contributed by atoms with van der Waals surface area (Å²) in [4.78, 5) is 27.4. The zero-order valence-electron chi connectivity index (χ0n) is 13.1. The van der Waals surface area contributed by atoms with Gasteiger partial charge in [0.2, 0.25) is 11.9 Å². The van der Waals surface area contributed by atoms with Crippen LogP contribution < -0.4 is 10.6 Å². The number of hydrogen-bond donors (Lipinski definition) is 1. The van der Waals surface area contributed by atoms with E-state index in [1.165, 1.54) is 18.2 Å². The quantitative estimate of drug-likeness (QED) is 0.933. The van der Waals surface area contributed by atoms with E-state index in [9.17, 15) is 4.79 Å². The van der Waals surface area contributed by atoms with E-state index in [2.05, 4.69) is 16.8 Å². The van der Waals surface area contributed by atoms with Crippen LogP contribution in [-0.2, 0) is 12.8 Å². The number of nitrogens with two attached hydrogens (primary N) is 1. The van der Waals surface area contributed by atoms with Gasteiger partial charge in [0.25, 0.3) is 0 Å². The highest BCUT2D eigenvalue weighted by molar-refractivity contribution is 5.92. The van der Waals surface area contributed by atoms with Crippen LogP contribution in [0.3, 0.4) is 0 Å². The van der Waals surface area contributed by atoms with Crippen molar-refractivity contribution in [2.24, 2.45) is 5.73 Å². The topological polar surface area (TPSA) is 85.0 Å². The first-order valence-electron chi connectivity index (χ1n) is 8.06. The second-order valence-corrected chi connectivity index (χ2v) is 6.28. The zero-order valence-corrected chi connectivity index (χ0v) is 13.1. The molecule has 2 aromatic heterocycles. The molecule has 6 nitrogen and oxygen atoms in total. The fourth-order valence-corrected chi connectivity index (χ4v) is 3.25. The fraction of sp³-hybridized carbons (Fsp3) is 0.412. The lowest BCUT2D eigenvalue weighted by atomic mass is 10.1. The Hall–Kier alpha value is -2.50. The van der Waals surface area contributed by atoms with Crippen LogP contribution in [0.2, 0.25) is 0 Å². The standard InChI is InChI=1S/C17H19N5O/c1-10-7-8-22(10)17-20-13-4-2-3-12(13)15(21-17)14-6-5-11(9-19-14)16(18)23/h5-6,9-10H,2-4,7-8H2,1H3,(H2,18,23)/t10-/m0/s1. The second kappa shape index (κ2) is 5.30. The van der Waals surface area contributed by atoms with Crippen LogP contribution in [0.1, 0.15) is 41.4 Å². The molecule has 0 bridgehead atoms. The number of fused-ring (bicyclic) bond motifs is 1. The minimum absolute atomic E-state index is 0.413. The van der Waals surface area contributed by atoms with E-state index in [0.29, 0.717) is 11.6 Å². The summed E-state index contributed by atoms with van der Waals surface area (Å²) < 4.78 is 0. The summed E-state index contributed by atoms with van der Waals surface area (Å²) >= 11 is 0. The Labute approximate surface area is 134 Å². The number of pyridine rings is 1. The number of rotatable bonds is 3. The molecular formula is C17H19N5O. The van der Waals surface area contributed by atoms with E-state index < -0.39 is 5.91 Å². The van der Waals surface area contributed by atoms with Crippen molar-refractivity contribution in [1.29, 1.82) is 0 Å². The first-order chi connectivity index (χ1) is 11.1. The predicted octanol–water partition coefficient (Wildman–Crippen LogP) is 1.72. The maximum Gasteiger partial charge on any atom is 0.250 e. The fourth-order valence-electron chi connectivity index (χ4n) is 3.25. The van der Waals surface area contributed by atoms with Gasteiger partial charge in [-0.2, -0.15) is 0 Å². The molecule has 0 spiro atoms. The van der Waals surface area contributed by atoms with Gasteiger partial charge < -0.3 is 10.6 Å². The normalized spacial score (nSPS) is 19.3. The van der Waals surface area contributed by atoms with Gasteiger partial charge in [-0.25, -0.2) is 9.97 Å². The van der Waals surface area contributed by atoms with Crippen molar-refractivity contribution in [3.8, 4) is 11.4 Å². The van der Waals surface area contributed by atoms with Crippen molar-refractivity contribution in [1.82, 2.24) is 15.0 Å². The van der Waals surface area contributed by atoms with Crippen molar-refractivity contribution in [3.63, 3.8) is 0 Å². The van der Waals surface area contributed by atoms with Gasteiger partial charge in [-0.15, -0.1) is 0 Å². The average molecular weight is 309 g/mol. The molecule has 4 rings (SSSR count). The van der Waals surface area contributed by atoms with Crippen LogP contribution in [0.15, 0.2) is 18.3 Å². The summed E-state index contributed by atoms with van der Waals surface area (Å²) in [6.45, 7) is 3.20. The third-order valence-corrected chi connectivity index (χ3v) is 4.79. The molecule has 3 heterocycles. The largest absolute Gasteiger partial charge is 0.366 e. The minimum Gasteiger partial charge on any atom is -0.366 e. The molecule has 1 aliphatic carbocycles. The van der Waals surface area contributed by atoms with E-state index in [4.69, 9.17) is 15.7 Å². The molecule has 6 heteroatoms. The van der Waals surface area contributed by atoms with Crippen LogP contribution >= 0.6 is 0 Å². The highest BCUT2D eigenvalue weighted by atomic mass is 16.1. The van der Waals surface area contributed by atoms with Crippen molar-refractivity contribution < 1.29 is 4.79 Å². The summed E-state index contributed by atoms with van der Waals surface area (Å²) in [6, 6.07) is 4.03. The zero-order chi connectivity index (χ0) is 16.0. The smallest absolute Gasteiger partial charge is 0.250 e. The van der Waals surface area contributed by atoms with E-state index in [-0.39, 0.29) is 0 Å². The molecule has 23 heavy (non-hydrogen) atoms. The van der Waals surface area contributed by atoms with Crippen molar-refractivity contribution in [2.45, 2.75) is 38.6 Å². The van der Waals surface area contributed by atoms with Gasteiger partial charge in [0.1, 0.15) is 0 Å². The number of hydrogen-bond acceptors (Lipinski definition) is 5. The lowest BCUT2D eigenvalue weighted by Crippen LogP contribution is -2.46. The Morgan fingerprint density at radius 2 is 2.17 bits per heavy atom. The molecule has 1 fully saturated rings. The Morgan fingerprint density at radius 1 is 1.30 bits per heavy atom. The molecule has 1 saturated heterocycles. The Morgan fingerprint density at radius 3 is 2.78 bits per heavy atom. The summed E-state index contributed by atoms with van der Waals surface area (Å²) in [5.41, 5.74) is 9.72. The molecular weight excluding hydrogens is 290 g/mol. The maximum atomic E-state index is 11.2. The van der Waals surface area contributed by atoms with Crippen molar-refractivity contribution >= 4 is 11.9 Å². The lowest BCUT2D eigenvalue weighted by molar-refractivity contribution is 0.1000. The number of carbonyl (C=O) groups excluding carboxylic acids is 1. The number of aryl methyl sites for hydroxylation is 1. The van der Waals surface area contributed by atoms with Crippen LogP contribution in [0, 0.1) is 0 Å². The van der Waals surface area contributed by atoms with Gasteiger partial charge in [0.05, 0.1) is 17.0 Å². The molecule has 0 aromatic carbocycles. The van der Waals surface area contributed by atoms with Crippen LogP contribution in [0.25, 0.3) is 11.4 Å². The molecule has 2 N–H and O–H groups in total. The van der Waals surface area contributed by atoms with Gasteiger partial charge in [0.15, 0.2) is 0 Å². The van der Waals surface area contributed by atoms with Crippen molar-refractivity contribution in [2.75, 3.05) is 11.4 Å². The number of nitrogens with zero attached hydrogens (tertiary/aromatic N) is 4. The second-order valence-electron chi connectivity index (χ2n) is 6.28. The number of carbonyl (C=O) groups is 1. The summed E-state index contributed by atoms with van der Waals surface area (Å²) in [5.74, 6) is 0.340. The van der Waals surface area contributed by atoms with E-state index in [0.717, 1.165) is 48.8 Å². The Balaban J connectivity index is 1.79. The molecule has 1 amide bonds. The van der Waals surface area contributed by atoms with Crippen LogP contribution in [-0.4, -0.2) is 33.4 Å². The SMILES string of the molecule is C[C@H]1CCN1c1nc2c(c(-c3ccc(C(N)=O)cn3)n1)CCC2. The van der Waals surface area contributed by atoms with Gasteiger partial charge in [-0.1, -0.05) is 0 Å². The summed E-state index contributed by atoms with van der Waals surface area (Å²) in [5, 5.41) is 0. The number of amides is 1. The molecule has 1 atom stereocenters. The first-order valence-corrected chi connectivity index (χ1v) is 8.06. The van der Waals surface area contributed by atoms with Crippen LogP contribution in [0.4, 0.5) is 5.95 Å². The monoisotopic (exact) mass is 309 g/mol. The van der Waals surface area contributed by atoms with Gasteiger partial charge in [-0.3, -0.25) is 9.78 Å². The number of aromatic nitrogens is 3. The first kappa shape index (κ1) is 14.1. The van der Waals surface area contributed by atoms with E-state index >= 15 is 0 Å². The van der Waals surface area contributed by atoms with Crippen molar-refractivity contribution in [3.05, 3.63) is 35.2 Å². The van der Waals surface area contributed by atoms with E-state index in [1.807, 2.05) is 6.07 Å². The minimum atomic E-state index is -0.466. The molecule has 0 radical (unpaired) electrons.